The van der Waals surface area contributed by atoms with Gasteiger partial charge in [-0.15, -0.1) is 0 Å². The van der Waals surface area contributed by atoms with E-state index in [0.717, 1.165) is 61.0 Å². The summed E-state index contributed by atoms with van der Waals surface area (Å²) in [5.74, 6) is 1.14. The van der Waals surface area contributed by atoms with E-state index in [-0.39, 0.29) is 12.5 Å². The van der Waals surface area contributed by atoms with Gasteiger partial charge in [-0.3, -0.25) is 0 Å². The lowest BCUT2D eigenvalue weighted by Crippen LogP contribution is -2.35. The second-order valence-corrected chi connectivity index (χ2v) is 11.9. The van der Waals surface area contributed by atoms with Gasteiger partial charge >= 0.3 is 0 Å². The molecule has 0 spiro atoms. The molecule has 0 aromatic heterocycles. The first kappa shape index (κ1) is 26.1. The number of hydrogen-bond acceptors (Lipinski definition) is 4. The number of aliphatic hydroxyl groups excluding tert-OH is 1. The normalized spacial score (nSPS) is 19.6. The standard InChI is InChI=1S/C28H35ClN2O3S/c29-26-14-12-21(13-15-26)16-24(20-32)18-30-17-22-8-10-23(11-9-22)19-31-35(33,34)28-7-3-5-25-4-1-2-6-27(25)28/h1-7,12-15,22-24,30-32H,8-11,16-20H2. The van der Waals surface area contributed by atoms with Gasteiger partial charge in [0.25, 0.3) is 0 Å². The lowest BCUT2D eigenvalue weighted by molar-refractivity contribution is 0.214. The summed E-state index contributed by atoms with van der Waals surface area (Å²) in [7, 11) is -3.55. The van der Waals surface area contributed by atoms with Gasteiger partial charge in [0.05, 0.1) is 4.90 Å². The van der Waals surface area contributed by atoms with Gasteiger partial charge in [0.2, 0.25) is 10.0 Å². The molecule has 1 saturated carbocycles. The van der Waals surface area contributed by atoms with Crippen molar-refractivity contribution < 1.29 is 13.5 Å². The molecule has 0 saturated heterocycles. The van der Waals surface area contributed by atoms with E-state index in [2.05, 4.69) is 10.0 Å². The molecule has 0 amide bonds. The van der Waals surface area contributed by atoms with Crippen LogP contribution in [0.25, 0.3) is 10.8 Å². The first-order valence-corrected chi connectivity index (χ1v) is 14.3. The Labute approximate surface area is 214 Å². The minimum absolute atomic E-state index is 0.152. The van der Waals surface area contributed by atoms with Gasteiger partial charge in [-0.1, -0.05) is 60.1 Å². The van der Waals surface area contributed by atoms with E-state index in [4.69, 9.17) is 11.6 Å². The molecular weight excluding hydrogens is 480 g/mol. The molecule has 1 aliphatic carbocycles. The van der Waals surface area contributed by atoms with E-state index in [9.17, 15) is 13.5 Å². The molecule has 5 nitrogen and oxygen atoms in total. The van der Waals surface area contributed by atoms with E-state index >= 15 is 0 Å². The van der Waals surface area contributed by atoms with Crippen molar-refractivity contribution in [3.8, 4) is 0 Å². The number of benzene rings is 3. The zero-order valence-electron chi connectivity index (χ0n) is 20.0. The van der Waals surface area contributed by atoms with Crippen molar-refractivity contribution in [2.24, 2.45) is 17.8 Å². The van der Waals surface area contributed by atoms with Crippen molar-refractivity contribution >= 4 is 32.4 Å². The number of sulfonamides is 1. The van der Waals surface area contributed by atoms with Gasteiger partial charge in [0.1, 0.15) is 0 Å². The highest BCUT2D eigenvalue weighted by molar-refractivity contribution is 7.89. The summed E-state index contributed by atoms with van der Waals surface area (Å²) in [6, 6.07) is 20.8. The van der Waals surface area contributed by atoms with E-state index in [1.54, 1.807) is 12.1 Å². The van der Waals surface area contributed by atoms with Crippen molar-refractivity contribution in [3.05, 3.63) is 77.3 Å². The SMILES string of the molecule is O=S(=O)(NCC1CCC(CNCC(CO)Cc2ccc(Cl)cc2)CC1)c1cccc2ccccc12. The van der Waals surface area contributed by atoms with Crippen LogP contribution in [0.3, 0.4) is 0 Å². The van der Waals surface area contributed by atoms with Crippen LogP contribution >= 0.6 is 11.6 Å². The number of halogens is 1. The quantitative estimate of drug-likeness (QED) is 0.336. The first-order chi connectivity index (χ1) is 16.9. The van der Waals surface area contributed by atoms with Crippen LogP contribution in [0.2, 0.25) is 5.02 Å². The van der Waals surface area contributed by atoms with Gasteiger partial charge in [0, 0.05) is 30.1 Å². The summed E-state index contributed by atoms with van der Waals surface area (Å²) in [5.41, 5.74) is 1.18. The van der Waals surface area contributed by atoms with Crippen molar-refractivity contribution in [1.82, 2.24) is 10.0 Å². The average Bonchev–Trinajstić information content (AvgIpc) is 2.88. The zero-order chi connectivity index (χ0) is 24.7. The minimum Gasteiger partial charge on any atom is -0.396 e. The molecule has 1 atom stereocenters. The molecule has 0 aliphatic heterocycles. The maximum Gasteiger partial charge on any atom is 0.241 e. The van der Waals surface area contributed by atoms with Crippen LogP contribution in [0.5, 0.6) is 0 Å². The van der Waals surface area contributed by atoms with E-state index in [1.807, 2.05) is 54.6 Å². The van der Waals surface area contributed by atoms with Crippen LogP contribution in [0.1, 0.15) is 31.2 Å². The number of rotatable bonds is 11. The molecule has 1 unspecified atom stereocenters. The molecule has 0 radical (unpaired) electrons. The Morgan fingerprint density at radius 3 is 2.26 bits per heavy atom. The summed E-state index contributed by atoms with van der Waals surface area (Å²) < 4.78 is 28.8. The second kappa shape index (κ2) is 12.3. The number of aliphatic hydroxyl groups is 1. The Hall–Kier alpha value is -1.96. The zero-order valence-corrected chi connectivity index (χ0v) is 21.6. The fraction of sp³-hybridized carbons (Fsp3) is 0.429. The number of nitrogens with one attached hydrogen (secondary N) is 2. The van der Waals surface area contributed by atoms with Gasteiger partial charge < -0.3 is 10.4 Å². The lowest BCUT2D eigenvalue weighted by atomic mass is 9.82. The monoisotopic (exact) mass is 514 g/mol. The second-order valence-electron chi connectivity index (χ2n) is 9.75. The third-order valence-corrected chi connectivity index (χ3v) is 8.86. The van der Waals surface area contributed by atoms with Crippen LogP contribution in [0, 0.1) is 17.8 Å². The lowest BCUT2D eigenvalue weighted by Gasteiger charge is -2.29. The summed E-state index contributed by atoms with van der Waals surface area (Å²) in [5, 5.41) is 15.7. The topological polar surface area (TPSA) is 78.4 Å². The molecule has 7 heteroatoms. The molecule has 3 aromatic carbocycles. The van der Waals surface area contributed by atoms with E-state index < -0.39 is 10.0 Å². The molecule has 0 heterocycles. The number of hydrogen-bond donors (Lipinski definition) is 3. The molecule has 3 N–H and O–H groups in total. The Bertz CT molecular complexity index is 1190. The van der Waals surface area contributed by atoms with Gasteiger partial charge in [-0.2, -0.15) is 0 Å². The van der Waals surface area contributed by atoms with Crippen LogP contribution < -0.4 is 10.0 Å². The van der Waals surface area contributed by atoms with Gasteiger partial charge in [-0.05, 0) is 85.6 Å². The maximum absolute atomic E-state index is 13.0. The molecule has 1 aliphatic rings. The van der Waals surface area contributed by atoms with E-state index in [1.165, 1.54) is 5.56 Å². The summed E-state index contributed by atoms with van der Waals surface area (Å²) >= 11 is 5.96. The van der Waals surface area contributed by atoms with Crippen LogP contribution in [0.4, 0.5) is 0 Å². The molecule has 1 fully saturated rings. The number of fused-ring (bicyclic) bond motifs is 1. The largest absolute Gasteiger partial charge is 0.396 e. The highest BCUT2D eigenvalue weighted by atomic mass is 35.5. The van der Waals surface area contributed by atoms with Crippen LogP contribution in [-0.4, -0.2) is 39.8 Å². The third-order valence-electron chi connectivity index (χ3n) is 7.13. The van der Waals surface area contributed by atoms with Crippen molar-refractivity contribution in [3.63, 3.8) is 0 Å². The summed E-state index contributed by atoms with van der Waals surface area (Å²) in [4.78, 5) is 0.352. The summed E-state index contributed by atoms with van der Waals surface area (Å²) in [6.45, 7) is 2.36. The molecule has 188 valence electrons. The fourth-order valence-electron chi connectivity index (χ4n) is 5.02. The Balaban J connectivity index is 1.19. The Morgan fingerprint density at radius 1 is 0.886 bits per heavy atom. The molecule has 3 aromatic rings. The third kappa shape index (κ3) is 7.28. The smallest absolute Gasteiger partial charge is 0.241 e. The van der Waals surface area contributed by atoms with Crippen molar-refractivity contribution in [1.29, 1.82) is 0 Å². The Morgan fingerprint density at radius 2 is 1.54 bits per heavy atom. The minimum atomic E-state index is -3.55. The highest BCUT2D eigenvalue weighted by Gasteiger charge is 2.24. The fourth-order valence-corrected chi connectivity index (χ4v) is 6.49. The van der Waals surface area contributed by atoms with Crippen LogP contribution in [-0.2, 0) is 16.4 Å². The van der Waals surface area contributed by atoms with Crippen LogP contribution in [0.15, 0.2) is 71.6 Å². The van der Waals surface area contributed by atoms with E-state index in [0.29, 0.717) is 23.3 Å². The van der Waals surface area contributed by atoms with Gasteiger partial charge in [0.15, 0.2) is 0 Å². The van der Waals surface area contributed by atoms with Crippen molar-refractivity contribution in [2.45, 2.75) is 37.0 Å². The summed E-state index contributed by atoms with van der Waals surface area (Å²) in [6.07, 6.45) is 5.06. The predicted molar refractivity (Wildman–Crippen MR) is 143 cm³/mol. The average molecular weight is 515 g/mol. The predicted octanol–water partition coefficient (Wildman–Crippen LogP) is 5.02. The molecule has 4 rings (SSSR count). The van der Waals surface area contributed by atoms with Gasteiger partial charge in [-0.25, -0.2) is 13.1 Å². The maximum atomic E-state index is 13.0. The molecular formula is C28H35ClN2O3S. The van der Waals surface area contributed by atoms with Crippen molar-refractivity contribution in [2.75, 3.05) is 26.2 Å². The molecule has 0 bridgehead atoms. The highest BCUT2D eigenvalue weighted by Crippen LogP contribution is 2.29. The molecule has 35 heavy (non-hydrogen) atoms. The first-order valence-electron chi connectivity index (χ1n) is 12.5. The Kier molecular flexibility index (Phi) is 9.20.